The van der Waals surface area contributed by atoms with Gasteiger partial charge in [-0.2, -0.15) is 0 Å². The Hall–Kier alpha value is -1.50. The fraction of sp³-hybridized carbons (Fsp3) is 0.556. The highest BCUT2D eigenvalue weighted by Crippen LogP contribution is 2.28. The van der Waals surface area contributed by atoms with Crippen molar-refractivity contribution in [2.75, 3.05) is 0 Å². The average Bonchev–Trinajstić information content (AvgIpc) is 3.03. The van der Waals surface area contributed by atoms with Gasteiger partial charge in [-0.3, -0.25) is 20.4 Å². The van der Waals surface area contributed by atoms with E-state index in [2.05, 4.69) is 20.4 Å². The van der Waals surface area contributed by atoms with E-state index in [9.17, 15) is 9.59 Å². The number of nitrogens with one attached hydrogen (secondary N) is 2. The summed E-state index contributed by atoms with van der Waals surface area (Å²) in [7, 11) is 0. The second-order valence-corrected chi connectivity index (χ2v) is 4.37. The summed E-state index contributed by atoms with van der Waals surface area (Å²) in [6, 6.07) is 0. The van der Waals surface area contributed by atoms with Gasteiger partial charge in [-0.15, -0.1) is 5.10 Å². The van der Waals surface area contributed by atoms with Crippen molar-refractivity contribution in [3.63, 3.8) is 0 Å². The van der Waals surface area contributed by atoms with Crippen LogP contribution < -0.4 is 10.9 Å². The van der Waals surface area contributed by atoms with E-state index in [1.807, 2.05) is 6.92 Å². The lowest BCUT2D eigenvalue weighted by Gasteiger charge is -2.05. The van der Waals surface area contributed by atoms with Crippen LogP contribution >= 0.6 is 11.5 Å². The van der Waals surface area contributed by atoms with E-state index in [1.54, 1.807) is 0 Å². The predicted octanol–water partition coefficient (Wildman–Crippen LogP) is 0.271. The molecule has 2 rings (SSSR count). The summed E-state index contributed by atoms with van der Waals surface area (Å²) in [4.78, 5) is 23.4. The second kappa shape index (κ2) is 4.56. The molecule has 1 fully saturated rings. The standard InChI is InChI=1S/C9H12N4O2S/c1-2-6-7(16-13-10-6)9(15)12-11-8(14)5-3-4-5/h5H,2-4H2,1H3,(H,11,14)(H,12,15). The summed E-state index contributed by atoms with van der Waals surface area (Å²) in [6.07, 6.45) is 2.46. The average molecular weight is 240 g/mol. The Morgan fingerprint density at radius 3 is 2.81 bits per heavy atom. The molecular weight excluding hydrogens is 228 g/mol. The van der Waals surface area contributed by atoms with E-state index < -0.39 is 0 Å². The smallest absolute Gasteiger partial charge is 0.273 e. The Labute approximate surface area is 96.6 Å². The van der Waals surface area contributed by atoms with Crippen molar-refractivity contribution >= 4 is 23.3 Å². The van der Waals surface area contributed by atoms with Crippen LogP contribution in [0.1, 0.15) is 35.1 Å². The van der Waals surface area contributed by atoms with Crippen molar-refractivity contribution in [2.24, 2.45) is 5.92 Å². The summed E-state index contributed by atoms with van der Waals surface area (Å²) in [6.45, 7) is 1.90. The van der Waals surface area contributed by atoms with Crippen molar-refractivity contribution < 1.29 is 9.59 Å². The molecule has 0 unspecified atom stereocenters. The maximum Gasteiger partial charge on any atom is 0.283 e. The SMILES string of the molecule is CCc1nnsc1C(=O)NNC(=O)C1CC1. The maximum absolute atomic E-state index is 11.6. The van der Waals surface area contributed by atoms with Crippen molar-refractivity contribution in [3.8, 4) is 0 Å². The molecule has 7 heteroatoms. The largest absolute Gasteiger partial charge is 0.283 e. The normalized spacial score (nSPS) is 14.6. The van der Waals surface area contributed by atoms with Gasteiger partial charge in [0, 0.05) is 5.92 Å². The first kappa shape index (κ1) is 11.0. The highest BCUT2D eigenvalue weighted by molar-refractivity contribution is 7.08. The molecule has 16 heavy (non-hydrogen) atoms. The Balaban J connectivity index is 1.89. The first-order valence-corrected chi connectivity index (χ1v) is 5.91. The Morgan fingerprint density at radius 2 is 2.19 bits per heavy atom. The third-order valence-electron chi connectivity index (χ3n) is 2.34. The molecular formula is C9H12N4O2S. The van der Waals surface area contributed by atoms with Crippen molar-refractivity contribution in [3.05, 3.63) is 10.6 Å². The summed E-state index contributed by atoms with van der Waals surface area (Å²) in [5, 5.41) is 3.83. The van der Waals surface area contributed by atoms with Gasteiger partial charge < -0.3 is 0 Å². The molecule has 0 saturated heterocycles. The summed E-state index contributed by atoms with van der Waals surface area (Å²) >= 11 is 1.03. The van der Waals surface area contributed by atoms with Gasteiger partial charge >= 0.3 is 0 Å². The van der Waals surface area contributed by atoms with Crippen LogP contribution in [-0.2, 0) is 11.2 Å². The van der Waals surface area contributed by atoms with Crippen LogP contribution in [0.15, 0.2) is 0 Å². The molecule has 1 aromatic rings. The lowest BCUT2D eigenvalue weighted by molar-refractivity contribution is -0.123. The van der Waals surface area contributed by atoms with Gasteiger partial charge in [-0.1, -0.05) is 11.4 Å². The van der Waals surface area contributed by atoms with E-state index >= 15 is 0 Å². The first-order chi connectivity index (χ1) is 7.72. The molecule has 86 valence electrons. The zero-order chi connectivity index (χ0) is 11.5. The molecule has 0 aromatic carbocycles. The van der Waals surface area contributed by atoms with Gasteiger partial charge in [0.05, 0.1) is 5.69 Å². The molecule has 0 spiro atoms. The quantitative estimate of drug-likeness (QED) is 0.743. The van der Waals surface area contributed by atoms with Gasteiger partial charge in [0.25, 0.3) is 5.91 Å². The molecule has 1 heterocycles. The monoisotopic (exact) mass is 240 g/mol. The van der Waals surface area contributed by atoms with Gasteiger partial charge in [0.1, 0.15) is 4.88 Å². The molecule has 1 aliphatic rings. The van der Waals surface area contributed by atoms with Gasteiger partial charge in [0.2, 0.25) is 5.91 Å². The number of hydrazine groups is 1. The fourth-order valence-electron chi connectivity index (χ4n) is 1.24. The molecule has 1 saturated carbocycles. The Bertz CT molecular complexity index is 413. The lowest BCUT2D eigenvalue weighted by Crippen LogP contribution is -2.42. The second-order valence-electron chi connectivity index (χ2n) is 3.62. The van der Waals surface area contributed by atoms with Gasteiger partial charge in [-0.05, 0) is 30.8 Å². The number of hydrogen-bond acceptors (Lipinski definition) is 5. The van der Waals surface area contributed by atoms with E-state index in [0.717, 1.165) is 24.4 Å². The summed E-state index contributed by atoms with van der Waals surface area (Å²) in [5.74, 6) is -0.393. The van der Waals surface area contributed by atoms with Crippen molar-refractivity contribution in [1.29, 1.82) is 0 Å². The van der Waals surface area contributed by atoms with Crippen LogP contribution in [0.5, 0.6) is 0 Å². The highest BCUT2D eigenvalue weighted by atomic mass is 32.1. The maximum atomic E-state index is 11.6. The third-order valence-corrected chi connectivity index (χ3v) is 3.11. The van der Waals surface area contributed by atoms with E-state index in [4.69, 9.17) is 0 Å². The minimum atomic E-state index is -0.346. The summed E-state index contributed by atoms with van der Waals surface area (Å²) in [5.41, 5.74) is 5.43. The lowest BCUT2D eigenvalue weighted by atomic mass is 10.3. The van der Waals surface area contributed by atoms with Crippen LogP contribution in [0.3, 0.4) is 0 Å². The summed E-state index contributed by atoms with van der Waals surface area (Å²) < 4.78 is 3.71. The zero-order valence-electron chi connectivity index (χ0n) is 8.82. The molecule has 1 aromatic heterocycles. The van der Waals surface area contributed by atoms with Crippen molar-refractivity contribution in [2.45, 2.75) is 26.2 Å². The van der Waals surface area contributed by atoms with E-state index in [0.29, 0.717) is 17.0 Å². The molecule has 0 aliphatic heterocycles. The third kappa shape index (κ3) is 2.35. The number of nitrogens with zero attached hydrogens (tertiary/aromatic N) is 2. The number of aromatic nitrogens is 2. The first-order valence-electron chi connectivity index (χ1n) is 5.13. The predicted molar refractivity (Wildman–Crippen MR) is 57.6 cm³/mol. The molecule has 1 aliphatic carbocycles. The number of aryl methyl sites for hydroxylation is 1. The van der Waals surface area contributed by atoms with Gasteiger partial charge in [0.15, 0.2) is 0 Å². The highest BCUT2D eigenvalue weighted by Gasteiger charge is 2.30. The van der Waals surface area contributed by atoms with Crippen molar-refractivity contribution in [1.82, 2.24) is 20.4 Å². The number of carbonyl (C=O) groups excluding carboxylic acids is 2. The molecule has 0 bridgehead atoms. The van der Waals surface area contributed by atoms with Crippen LogP contribution in [-0.4, -0.2) is 21.4 Å². The fourth-order valence-corrected chi connectivity index (χ4v) is 1.88. The van der Waals surface area contributed by atoms with Crippen LogP contribution in [0.2, 0.25) is 0 Å². The Kier molecular flexibility index (Phi) is 3.14. The minimum absolute atomic E-state index is 0.0746. The van der Waals surface area contributed by atoms with E-state index in [-0.39, 0.29) is 17.7 Å². The number of carbonyl (C=O) groups is 2. The molecule has 2 amide bonds. The molecule has 2 N–H and O–H groups in total. The van der Waals surface area contributed by atoms with Crippen LogP contribution in [0.4, 0.5) is 0 Å². The molecule has 0 atom stereocenters. The van der Waals surface area contributed by atoms with Gasteiger partial charge in [-0.25, -0.2) is 0 Å². The topological polar surface area (TPSA) is 84.0 Å². The molecule has 0 radical (unpaired) electrons. The number of rotatable bonds is 3. The number of hydrogen-bond donors (Lipinski definition) is 2. The number of amides is 2. The van der Waals surface area contributed by atoms with Crippen LogP contribution in [0, 0.1) is 5.92 Å². The molecule has 6 nitrogen and oxygen atoms in total. The Morgan fingerprint density at radius 1 is 1.44 bits per heavy atom. The minimum Gasteiger partial charge on any atom is -0.273 e. The van der Waals surface area contributed by atoms with Crippen LogP contribution in [0.25, 0.3) is 0 Å². The zero-order valence-corrected chi connectivity index (χ0v) is 9.63. The van der Waals surface area contributed by atoms with E-state index in [1.165, 1.54) is 0 Å².